The first kappa shape index (κ1) is 12.4. The first-order chi connectivity index (χ1) is 7.14. The highest BCUT2D eigenvalue weighted by molar-refractivity contribution is 5.42. The van der Waals surface area contributed by atoms with E-state index in [-0.39, 0.29) is 0 Å². The lowest BCUT2D eigenvalue weighted by Crippen LogP contribution is -2.30. The van der Waals surface area contributed by atoms with Gasteiger partial charge in [-0.15, -0.1) is 0 Å². The zero-order chi connectivity index (χ0) is 11.1. The first-order valence-corrected chi connectivity index (χ1v) is 6.28. The van der Waals surface area contributed by atoms with Crippen LogP contribution in [0, 0.1) is 0 Å². The minimum atomic E-state index is 0.885. The zero-order valence-corrected chi connectivity index (χ0v) is 10.6. The Kier molecular flexibility index (Phi) is 5.03. The molecule has 0 radical (unpaired) electrons. The summed E-state index contributed by atoms with van der Waals surface area (Å²) in [4.78, 5) is 0. The van der Waals surface area contributed by atoms with Crippen molar-refractivity contribution < 1.29 is 9.06 Å². The van der Waals surface area contributed by atoms with Crippen molar-refractivity contribution in [1.29, 1.82) is 0 Å². The van der Waals surface area contributed by atoms with Crippen LogP contribution in [0.25, 0.3) is 0 Å². The lowest BCUT2D eigenvalue weighted by Gasteiger charge is -2.08. The lowest BCUT2D eigenvalue weighted by atomic mass is 10.1. The van der Waals surface area contributed by atoms with Crippen LogP contribution < -0.4 is 0 Å². The summed E-state index contributed by atoms with van der Waals surface area (Å²) in [5.74, 6) is 0. The fraction of sp³-hybridized carbons (Fsp3) is 0.769. The molecule has 2 nitrogen and oxygen atoms in total. The van der Waals surface area contributed by atoms with E-state index in [9.17, 15) is 0 Å². The van der Waals surface area contributed by atoms with Gasteiger partial charge in [0.05, 0.1) is 14.1 Å². The molecule has 86 valence electrons. The van der Waals surface area contributed by atoms with Crippen molar-refractivity contribution in [1.82, 2.24) is 0 Å². The number of rotatable bonds is 7. The van der Waals surface area contributed by atoms with E-state index in [1.54, 1.807) is 0 Å². The lowest BCUT2D eigenvalue weighted by molar-refractivity contribution is -0.745. The summed E-state index contributed by atoms with van der Waals surface area (Å²) >= 11 is 0. The molecule has 0 aromatic heterocycles. The molecule has 0 atom stereocenters. The van der Waals surface area contributed by atoms with Gasteiger partial charge in [0.2, 0.25) is 6.20 Å². The number of unbranched alkanes of at least 4 members (excludes halogenated alkanes) is 5. The topological polar surface area (TPSA) is 3.01 Å². The molecular formula is C13H26N2+2. The van der Waals surface area contributed by atoms with E-state index in [1.807, 2.05) is 0 Å². The number of nitrogens with zero attached hydrogens (tertiary/aromatic N) is 2. The van der Waals surface area contributed by atoms with Gasteiger partial charge in [-0.2, -0.15) is 4.58 Å². The molecule has 0 aromatic carbocycles. The summed E-state index contributed by atoms with van der Waals surface area (Å²) in [6, 6.07) is 0. The van der Waals surface area contributed by atoms with Crippen LogP contribution >= 0.6 is 0 Å². The zero-order valence-electron chi connectivity index (χ0n) is 10.6. The van der Waals surface area contributed by atoms with E-state index in [4.69, 9.17) is 0 Å². The van der Waals surface area contributed by atoms with Crippen molar-refractivity contribution >= 4 is 6.34 Å². The fourth-order valence-electron chi connectivity index (χ4n) is 1.92. The van der Waals surface area contributed by atoms with Gasteiger partial charge >= 0.3 is 6.34 Å². The highest BCUT2D eigenvalue weighted by atomic mass is 15.4. The molecule has 0 spiro atoms. The fourth-order valence-corrected chi connectivity index (χ4v) is 1.92. The summed E-state index contributed by atoms with van der Waals surface area (Å²) in [5.41, 5.74) is 0. The second kappa shape index (κ2) is 6.06. The van der Waals surface area contributed by atoms with E-state index >= 15 is 0 Å². The Hall–Kier alpha value is -0.630. The van der Waals surface area contributed by atoms with Crippen LogP contribution in [0.15, 0.2) is 12.4 Å². The largest absolute Gasteiger partial charge is 0.336 e. The summed E-state index contributed by atoms with van der Waals surface area (Å²) in [6.45, 7) is 3.45. The van der Waals surface area contributed by atoms with Gasteiger partial charge in [0, 0.05) is 6.42 Å². The van der Waals surface area contributed by atoms with Gasteiger partial charge in [0.25, 0.3) is 0 Å². The molecule has 0 unspecified atom stereocenters. The molecule has 0 saturated carbocycles. The van der Waals surface area contributed by atoms with Crippen LogP contribution in [0.3, 0.4) is 0 Å². The van der Waals surface area contributed by atoms with Gasteiger partial charge in [-0.1, -0.05) is 32.6 Å². The molecule has 0 aliphatic carbocycles. The molecule has 1 aliphatic heterocycles. The standard InChI is InChI=1S/C13H26N2/c1-4-5-6-7-8-9-10-14-11-12-15(2,3)13-14/h11-13H,4-10H2,1-3H3/q+2. The summed E-state index contributed by atoms with van der Waals surface area (Å²) in [7, 11) is 4.38. The number of hydrogen-bond donors (Lipinski definition) is 0. The number of quaternary nitrogens is 1. The van der Waals surface area contributed by atoms with Crippen molar-refractivity contribution in [3.63, 3.8) is 0 Å². The Morgan fingerprint density at radius 1 is 1.00 bits per heavy atom. The average Bonchev–Trinajstić information content (AvgIpc) is 2.52. The normalized spacial score (nSPS) is 18.2. The number of hydrogen-bond acceptors (Lipinski definition) is 0. The molecule has 0 N–H and O–H groups in total. The van der Waals surface area contributed by atoms with Gasteiger partial charge < -0.3 is 0 Å². The predicted molar refractivity (Wildman–Crippen MR) is 65.8 cm³/mol. The third-order valence-electron chi connectivity index (χ3n) is 2.86. The van der Waals surface area contributed by atoms with Crippen LogP contribution in [0.1, 0.15) is 45.4 Å². The molecule has 15 heavy (non-hydrogen) atoms. The molecule has 2 heteroatoms. The molecular weight excluding hydrogens is 184 g/mol. The Morgan fingerprint density at radius 3 is 2.27 bits per heavy atom. The molecule has 1 aliphatic rings. The Balaban J connectivity index is 2.04. The smallest absolute Gasteiger partial charge is 0.216 e. The molecule has 0 bridgehead atoms. The van der Waals surface area contributed by atoms with E-state index in [0.29, 0.717) is 0 Å². The van der Waals surface area contributed by atoms with Crippen LogP contribution in [0.5, 0.6) is 0 Å². The SMILES string of the molecule is CCCCCCCC[N+]1=C[N+](C)(C)C=C1. The predicted octanol–water partition coefficient (Wildman–Crippen LogP) is 2.95. The van der Waals surface area contributed by atoms with Crippen molar-refractivity contribution in [3.8, 4) is 0 Å². The highest BCUT2D eigenvalue weighted by Crippen LogP contribution is 2.07. The van der Waals surface area contributed by atoms with Crippen molar-refractivity contribution in [3.05, 3.63) is 12.4 Å². The van der Waals surface area contributed by atoms with Gasteiger partial charge in [-0.05, 0) is 6.42 Å². The van der Waals surface area contributed by atoms with Crippen molar-refractivity contribution in [2.45, 2.75) is 45.4 Å². The molecule has 1 heterocycles. The summed E-state index contributed by atoms with van der Waals surface area (Å²) < 4.78 is 3.20. The third-order valence-corrected chi connectivity index (χ3v) is 2.86. The van der Waals surface area contributed by atoms with Crippen LogP contribution in [0.2, 0.25) is 0 Å². The second-order valence-corrected chi connectivity index (χ2v) is 5.05. The molecule has 0 fully saturated rings. The van der Waals surface area contributed by atoms with Crippen LogP contribution in [-0.4, -0.2) is 36.0 Å². The minimum absolute atomic E-state index is 0.885. The minimum Gasteiger partial charge on any atom is -0.216 e. The molecule has 0 aromatic rings. The molecule has 0 amide bonds. The maximum absolute atomic E-state index is 2.32. The average molecular weight is 210 g/mol. The van der Waals surface area contributed by atoms with E-state index < -0.39 is 0 Å². The third kappa shape index (κ3) is 5.12. The van der Waals surface area contributed by atoms with E-state index in [1.165, 1.54) is 45.1 Å². The second-order valence-electron chi connectivity index (χ2n) is 5.05. The Bertz CT molecular complexity index is 239. The van der Waals surface area contributed by atoms with Crippen molar-refractivity contribution in [2.24, 2.45) is 0 Å². The van der Waals surface area contributed by atoms with E-state index in [2.05, 4.69) is 44.3 Å². The van der Waals surface area contributed by atoms with Crippen molar-refractivity contribution in [2.75, 3.05) is 20.6 Å². The monoisotopic (exact) mass is 210 g/mol. The van der Waals surface area contributed by atoms with Crippen LogP contribution in [0.4, 0.5) is 0 Å². The van der Waals surface area contributed by atoms with E-state index in [0.717, 1.165) is 4.48 Å². The first-order valence-electron chi connectivity index (χ1n) is 6.28. The molecule has 1 rings (SSSR count). The maximum atomic E-state index is 2.32. The maximum Gasteiger partial charge on any atom is 0.336 e. The van der Waals surface area contributed by atoms with Crippen LogP contribution in [-0.2, 0) is 0 Å². The highest BCUT2D eigenvalue weighted by Gasteiger charge is 2.22. The van der Waals surface area contributed by atoms with Gasteiger partial charge in [-0.3, -0.25) is 0 Å². The Morgan fingerprint density at radius 2 is 1.67 bits per heavy atom. The van der Waals surface area contributed by atoms with Gasteiger partial charge in [0.1, 0.15) is 0 Å². The Labute approximate surface area is 94.5 Å². The molecule has 0 saturated heterocycles. The quantitative estimate of drug-likeness (QED) is 0.345. The van der Waals surface area contributed by atoms with Gasteiger partial charge in [0.15, 0.2) is 12.7 Å². The summed E-state index contributed by atoms with van der Waals surface area (Å²) in [6.07, 6.45) is 15.0. The van der Waals surface area contributed by atoms with Gasteiger partial charge in [-0.25, -0.2) is 4.48 Å². The summed E-state index contributed by atoms with van der Waals surface area (Å²) in [5, 5.41) is 0.